The molecule has 1 aromatic carbocycles. The SMILES string of the molecule is Cc1cc([C@H](C)Nc2nc(=O)n(C3CCOCC3)c(=O)[nH]2)ccc1F. The highest BCUT2D eigenvalue weighted by molar-refractivity contribution is 5.33. The Labute approximate surface area is 143 Å². The van der Waals surface area contributed by atoms with E-state index in [0.29, 0.717) is 31.6 Å². The molecule has 2 N–H and O–H groups in total. The smallest absolute Gasteiger partial charge is 0.355 e. The van der Waals surface area contributed by atoms with Gasteiger partial charge in [-0.2, -0.15) is 4.98 Å². The van der Waals surface area contributed by atoms with Crippen LogP contribution in [0.1, 0.15) is 43.0 Å². The number of halogens is 1. The van der Waals surface area contributed by atoms with Gasteiger partial charge in [0, 0.05) is 19.3 Å². The van der Waals surface area contributed by atoms with Crippen molar-refractivity contribution in [3.8, 4) is 0 Å². The first-order chi connectivity index (χ1) is 12.0. The lowest BCUT2D eigenvalue weighted by Gasteiger charge is -2.23. The molecule has 2 heterocycles. The largest absolute Gasteiger partial charge is 0.381 e. The van der Waals surface area contributed by atoms with Crippen LogP contribution in [0.15, 0.2) is 27.8 Å². The van der Waals surface area contributed by atoms with E-state index < -0.39 is 11.4 Å². The number of aryl methyl sites for hydroxylation is 1. The molecule has 1 fully saturated rings. The lowest BCUT2D eigenvalue weighted by molar-refractivity contribution is 0.0670. The van der Waals surface area contributed by atoms with E-state index in [2.05, 4.69) is 15.3 Å². The summed E-state index contributed by atoms with van der Waals surface area (Å²) in [7, 11) is 0. The van der Waals surface area contributed by atoms with Crippen LogP contribution in [-0.2, 0) is 4.74 Å². The van der Waals surface area contributed by atoms with Crippen LogP contribution in [0.3, 0.4) is 0 Å². The number of aromatic amines is 1. The van der Waals surface area contributed by atoms with Crippen molar-refractivity contribution in [2.75, 3.05) is 18.5 Å². The first-order valence-electron chi connectivity index (χ1n) is 8.29. The molecule has 3 rings (SSSR count). The molecule has 0 aliphatic carbocycles. The summed E-state index contributed by atoms with van der Waals surface area (Å²) in [5.41, 5.74) is 0.287. The van der Waals surface area contributed by atoms with Gasteiger partial charge in [0.05, 0.1) is 6.04 Å². The molecule has 7 nitrogen and oxygen atoms in total. The highest BCUT2D eigenvalue weighted by atomic mass is 19.1. The molecule has 0 bridgehead atoms. The summed E-state index contributed by atoms with van der Waals surface area (Å²) in [5, 5.41) is 2.99. The Morgan fingerprint density at radius 3 is 2.72 bits per heavy atom. The molecule has 0 spiro atoms. The van der Waals surface area contributed by atoms with E-state index in [0.717, 1.165) is 10.1 Å². The first kappa shape index (κ1) is 17.3. The van der Waals surface area contributed by atoms with Crippen LogP contribution in [0, 0.1) is 12.7 Å². The molecule has 1 aliphatic heterocycles. The zero-order chi connectivity index (χ0) is 18.0. The number of rotatable bonds is 4. The third-order valence-corrected chi connectivity index (χ3v) is 4.45. The van der Waals surface area contributed by atoms with E-state index in [4.69, 9.17) is 4.74 Å². The molecule has 0 radical (unpaired) electrons. The molecule has 2 aromatic rings. The van der Waals surface area contributed by atoms with Gasteiger partial charge in [-0.05, 0) is 43.9 Å². The number of nitrogens with zero attached hydrogens (tertiary/aromatic N) is 2. The molecular formula is C17H21FN4O3. The molecule has 1 aliphatic rings. The van der Waals surface area contributed by atoms with Crippen molar-refractivity contribution in [2.24, 2.45) is 0 Å². The average Bonchev–Trinajstić information content (AvgIpc) is 2.57. The van der Waals surface area contributed by atoms with Gasteiger partial charge in [-0.3, -0.25) is 4.98 Å². The van der Waals surface area contributed by atoms with E-state index >= 15 is 0 Å². The van der Waals surface area contributed by atoms with Gasteiger partial charge < -0.3 is 10.1 Å². The fraction of sp³-hybridized carbons (Fsp3) is 0.471. The number of aromatic nitrogens is 3. The molecule has 1 atom stereocenters. The number of H-pyrrole nitrogens is 1. The minimum Gasteiger partial charge on any atom is -0.381 e. The minimum atomic E-state index is -0.583. The lowest BCUT2D eigenvalue weighted by Crippen LogP contribution is -2.42. The average molecular weight is 348 g/mol. The van der Waals surface area contributed by atoms with Crippen molar-refractivity contribution in [1.82, 2.24) is 14.5 Å². The fourth-order valence-electron chi connectivity index (χ4n) is 2.99. The number of hydrogen-bond donors (Lipinski definition) is 2. The molecule has 25 heavy (non-hydrogen) atoms. The Kier molecular flexibility index (Phi) is 4.98. The van der Waals surface area contributed by atoms with Crippen molar-refractivity contribution in [1.29, 1.82) is 0 Å². The Hall–Kier alpha value is -2.48. The van der Waals surface area contributed by atoms with Crippen molar-refractivity contribution in [2.45, 2.75) is 38.8 Å². The standard InChI is InChI=1S/C17H21FN4O3/c1-10-9-12(3-4-14(10)18)11(2)19-15-20-16(23)22(17(24)21-15)13-5-7-25-8-6-13/h3-4,9,11,13H,5-8H2,1-2H3,(H2,19,20,21,23,24)/t11-/m0/s1. The summed E-state index contributed by atoms with van der Waals surface area (Å²) in [6, 6.07) is 4.32. The Morgan fingerprint density at radius 1 is 1.36 bits per heavy atom. The molecule has 0 amide bonds. The van der Waals surface area contributed by atoms with Gasteiger partial charge in [0.25, 0.3) is 0 Å². The van der Waals surface area contributed by atoms with Gasteiger partial charge in [-0.25, -0.2) is 18.5 Å². The van der Waals surface area contributed by atoms with Crippen LogP contribution in [0.25, 0.3) is 0 Å². The minimum absolute atomic E-state index is 0.104. The molecular weight excluding hydrogens is 327 g/mol. The quantitative estimate of drug-likeness (QED) is 0.881. The summed E-state index contributed by atoms with van der Waals surface area (Å²) in [4.78, 5) is 31.1. The second-order valence-electron chi connectivity index (χ2n) is 6.26. The van der Waals surface area contributed by atoms with E-state index in [1.165, 1.54) is 6.07 Å². The van der Waals surface area contributed by atoms with Gasteiger partial charge in [-0.1, -0.05) is 12.1 Å². The van der Waals surface area contributed by atoms with Gasteiger partial charge in [0.2, 0.25) is 5.95 Å². The molecule has 0 saturated carbocycles. The summed E-state index contributed by atoms with van der Waals surface area (Å²) >= 11 is 0. The number of benzene rings is 1. The molecule has 0 unspecified atom stereocenters. The van der Waals surface area contributed by atoms with Crippen LogP contribution >= 0.6 is 0 Å². The van der Waals surface area contributed by atoms with Gasteiger partial charge >= 0.3 is 11.4 Å². The maximum absolute atomic E-state index is 13.4. The number of hydrogen-bond acceptors (Lipinski definition) is 5. The molecule has 1 saturated heterocycles. The van der Waals surface area contributed by atoms with Crippen molar-refractivity contribution in [3.63, 3.8) is 0 Å². The van der Waals surface area contributed by atoms with Crippen molar-refractivity contribution < 1.29 is 9.13 Å². The van der Waals surface area contributed by atoms with Crippen LogP contribution in [0.2, 0.25) is 0 Å². The van der Waals surface area contributed by atoms with E-state index in [1.807, 2.05) is 6.92 Å². The topological polar surface area (TPSA) is 89.0 Å². The predicted molar refractivity (Wildman–Crippen MR) is 91.4 cm³/mol. The highest BCUT2D eigenvalue weighted by Crippen LogP contribution is 2.19. The van der Waals surface area contributed by atoms with Crippen LogP contribution in [-0.4, -0.2) is 27.7 Å². The molecule has 134 valence electrons. The zero-order valence-electron chi connectivity index (χ0n) is 14.2. The van der Waals surface area contributed by atoms with Crippen molar-refractivity contribution >= 4 is 5.95 Å². The lowest BCUT2D eigenvalue weighted by atomic mass is 10.1. The predicted octanol–water partition coefficient (Wildman–Crippen LogP) is 1.90. The summed E-state index contributed by atoms with van der Waals surface area (Å²) in [6.07, 6.45) is 1.23. The Balaban J connectivity index is 1.82. The van der Waals surface area contributed by atoms with Gasteiger partial charge in [0.1, 0.15) is 5.82 Å². The summed E-state index contributed by atoms with van der Waals surface area (Å²) in [5.74, 6) is -0.172. The molecule has 1 aromatic heterocycles. The number of anilines is 1. The number of nitrogens with one attached hydrogen (secondary N) is 2. The third kappa shape index (κ3) is 3.79. The van der Waals surface area contributed by atoms with E-state index in [-0.39, 0.29) is 23.8 Å². The van der Waals surface area contributed by atoms with Crippen LogP contribution in [0.5, 0.6) is 0 Å². The maximum Gasteiger partial charge on any atom is 0.355 e. The van der Waals surface area contributed by atoms with Gasteiger partial charge in [-0.15, -0.1) is 0 Å². The highest BCUT2D eigenvalue weighted by Gasteiger charge is 2.20. The summed E-state index contributed by atoms with van der Waals surface area (Å²) < 4.78 is 19.8. The van der Waals surface area contributed by atoms with E-state index in [1.54, 1.807) is 19.1 Å². The second kappa shape index (κ2) is 7.18. The normalized spacial score (nSPS) is 16.6. The number of ether oxygens (including phenoxy) is 1. The van der Waals surface area contributed by atoms with Crippen LogP contribution in [0.4, 0.5) is 10.3 Å². The third-order valence-electron chi connectivity index (χ3n) is 4.45. The summed E-state index contributed by atoms with van der Waals surface area (Å²) in [6.45, 7) is 4.58. The Morgan fingerprint density at radius 2 is 2.08 bits per heavy atom. The molecule has 8 heteroatoms. The second-order valence-corrected chi connectivity index (χ2v) is 6.26. The zero-order valence-corrected chi connectivity index (χ0v) is 14.2. The van der Waals surface area contributed by atoms with Crippen molar-refractivity contribution in [3.05, 3.63) is 56.1 Å². The van der Waals surface area contributed by atoms with E-state index in [9.17, 15) is 14.0 Å². The van der Waals surface area contributed by atoms with Gasteiger partial charge in [0.15, 0.2) is 0 Å². The maximum atomic E-state index is 13.4. The monoisotopic (exact) mass is 348 g/mol. The van der Waals surface area contributed by atoms with Crippen LogP contribution < -0.4 is 16.7 Å². The fourth-order valence-corrected chi connectivity index (χ4v) is 2.99. The Bertz CT molecular complexity index is 840. The first-order valence-corrected chi connectivity index (χ1v) is 8.29.